The Labute approximate surface area is 152 Å². The fourth-order valence-corrected chi connectivity index (χ4v) is 3.75. The smallest absolute Gasteiger partial charge is 0.287 e. The highest BCUT2D eigenvalue weighted by atomic mass is 32.2. The van der Waals surface area contributed by atoms with Crippen LogP contribution in [0.15, 0.2) is 28.0 Å². The Morgan fingerprint density at radius 1 is 0.778 bits per heavy atom. The van der Waals surface area contributed by atoms with Crippen LogP contribution in [0.4, 0.5) is 22.0 Å². The van der Waals surface area contributed by atoms with E-state index in [0.29, 0.717) is 14.7 Å². The van der Waals surface area contributed by atoms with E-state index < -0.39 is 53.3 Å². The summed E-state index contributed by atoms with van der Waals surface area (Å²) in [4.78, 5) is 9.86. The fourth-order valence-electron chi connectivity index (χ4n) is 1.73. The molecule has 0 saturated heterocycles. The standard InChI is InChI=1S/C13H15F5N2O5S2/c1-19(2)26(22,23)9-5-8(11(21)12(14,15)13(16,17)18)6-10(7-9)27(24,25)20(3)4/h5-7H,1-4H3. The molecule has 7 nitrogen and oxygen atoms in total. The molecular formula is C13H15F5N2O5S2. The molecule has 0 saturated carbocycles. The molecule has 1 aromatic carbocycles. The Hall–Kier alpha value is -1.64. The van der Waals surface area contributed by atoms with Crippen molar-refractivity contribution in [3.63, 3.8) is 0 Å². The van der Waals surface area contributed by atoms with E-state index >= 15 is 0 Å². The van der Waals surface area contributed by atoms with Crippen LogP contribution >= 0.6 is 0 Å². The zero-order valence-electron chi connectivity index (χ0n) is 14.4. The predicted molar refractivity (Wildman–Crippen MR) is 83.5 cm³/mol. The van der Waals surface area contributed by atoms with Crippen LogP contribution in [0.3, 0.4) is 0 Å². The van der Waals surface area contributed by atoms with Gasteiger partial charge in [-0.1, -0.05) is 0 Å². The van der Waals surface area contributed by atoms with Gasteiger partial charge in [-0.2, -0.15) is 22.0 Å². The van der Waals surface area contributed by atoms with Crippen molar-refractivity contribution in [2.24, 2.45) is 0 Å². The van der Waals surface area contributed by atoms with Crippen molar-refractivity contribution < 1.29 is 43.6 Å². The second-order valence-corrected chi connectivity index (χ2v) is 9.97. The molecule has 0 bridgehead atoms. The van der Waals surface area contributed by atoms with Gasteiger partial charge in [0.05, 0.1) is 9.79 Å². The SMILES string of the molecule is CN(C)S(=O)(=O)c1cc(C(=O)C(F)(F)C(F)(F)F)cc(S(=O)(=O)N(C)C)c1. The number of carbonyl (C=O) groups excluding carboxylic acids is 1. The van der Waals surface area contributed by atoms with Gasteiger partial charge in [0.25, 0.3) is 0 Å². The lowest BCUT2D eigenvalue weighted by molar-refractivity contribution is -0.255. The Morgan fingerprint density at radius 2 is 1.11 bits per heavy atom. The van der Waals surface area contributed by atoms with Crippen LogP contribution < -0.4 is 0 Å². The molecule has 0 atom stereocenters. The molecule has 0 aliphatic carbocycles. The molecule has 0 aromatic heterocycles. The number of halogens is 5. The zero-order valence-corrected chi connectivity index (χ0v) is 16.0. The number of ketones is 1. The minimum Gasteiger partial charge on any atom is -0.287 e. The van der Waals surface area contributed by atoms with E-state index in [9.17, 15) is 43.6 Å². The van der Waals surface area contributed by atoms with Crippen molar-refractivity contribution >= 4 is 25.8 Å². The van der Waals surface area contributed by atoms with Crippen molar-refractivity contribution in [1.29, 1.82) is 0 Å². The molecule has 0 aliphatic rings. The van der Waals surface area contributed by atoms with Gasteiger partial charge in [0, 0.05) is 33.8 Å². The largest absolute Gasteiger partial charge is 0.461 e. The Balaban J connectivity index is 3.86. The lowest BCUT2D eigenvalue weighted by atomic mass is 10.1. The number of hydrogen-bond acceptors (Lipinski definition) is 5. The van der Waals surface area contributed by atoms with Crippen molar-refractivity contribution in [3.8, 4) is 0 Å². The average Bonchev–Trinajstić information content (AvgIpc) is 2.52. The van der Waals surface area contributed by atoms with Gasteiger partial charge >= 0.3 is 12.1 Å². The van der Waals surface area contributed by atoms with Crippen LogP contribution in [-0.4, -0.2) is 71.5 Å². The average molecular weight is 438 g/mol. The number of sulfonamides is 2. The van der Waals surface area contributed by atoms with Crippen LogP contribution in [0, 0.1) is 0 Å². The Morgan fingerprint density at radius 3 is 1.37 bits per heavy atom. The Bertz CT molecular complexity index is 898. The first kappa shape index (κ1) is 23.4. The van der Waals surface area contributed by atoms with Gasteiger partial charge in [-0.05, 0) is 18.2 Å². The van der Waals surface area contributed by atoms with E-state index in [4.69, 9.17) is 0 Å². The first-order valence-electron chi connectivity index (χ1n) is 6.86. The van der Waals surface area contributed by atoms with E-state index in [2.05, 4.69) is 0 Å². The molecule has 0 radical (unpaired) electrons. The normalized spacial score (nSPS) is 14.0. The third-order valence-electron chi connectivity index (χ3n) is 3.34. The van der Waals surface area contributed by atoms with Crippen LogP contribution in [0.25, 0.3) is 0 Å². The lowest BCUT2D eigenvalue weighted by Gasteiger charge is -2.20. The van der Waals surface area contributed by atoms with Crippen LogP contribution in [-0.2, 0) is 20.0 Å². The summed E-state index contributed by atoms with van der Waals surface area (Å²) in [5.41, 5.74) is -1.42. The summed E-state index contributed by atoms with van der Waals surface area (Å²) in [7, 11) is -4.81. The number of benzene rings is 1. The third-order valence-corrected chi connectivity index (χ3v) is 6.93. The highest BCUT2D eigenvalue weighted by molar-refractivity contribution is 7.90. The maximum Gasteiger partial charge on any atom is 0.461 e. The molecule has 154 valence electrons. The van der Waals surface area contributed by atoms with E-state index in [-0.39, 0.29) is 12.1 Å². The summed E-state index contributed by atoms with van der Waals surface area (Å²) >= 11 is 0. The number of carbonyl (C=O) groups is 1. The monoisotopic (exact) mass is 438 g/mol. The molecule has 0 aliphatic heterocycles. The molecular weight excluding hydrogens is 423 g/mol. The minimum absolute atomic E-state index is 0.270. The van der Waals surface area contributed by atoms with Crippen LogP contribution in [0.2, 0.25) is 0 Å². The molecule has 1 rings (SSSR count). The van der Waals surface area contributed by atoms with Gasteiger partial charge in [0.15, 0.2) is 0 Å². The number of rotatable bonds is 6. The highest BCUT2D eigenvalue weighted by Gasteiger charge is 2.63. The van der Waals surface area contributed by atoms with Crippen molar-refractivity contribution in [3.05, 3.63) is 23.8 Å². The molecule has 0 heterocycles. The first-order valence-corrected chi connectivity index (χ1v) is 9.74. The summed E-state index contributed by atoms with van der Waals surface area (Å²) in [5, 5.41) is 0. The molecule has 0 unspecified atom stereocenters. The molecule has 0 N–H and O–H groups in total. The maximum absolute atomic E-state index is 13.4. The van der Waals surface area contributed by atoms with Gasteiger partial charge in [0.1, 0.15) is 0 Å². The molecule has 0 spiro atoms. The molecule has 27 heavy (non-hydrogen) atoms. The van der Waals surface area contributed by atoms with Gasteiger partial charge in [-0.25, -0.2) is 25.4 Å². The van der Waals surface area contributed by atoms with Crippen molar-refractivity contribution in [2.45, 2.75) is 21.9 Å². The number of alkyl halides is 5. The minimum atomic E-state index is -6.25. The van der Waals surface area contributed by atoms with E-state index in [1.807, 2.05) is 0 Å². The zero-order chi connectivity index (χ0) is 21.6. The topological polar surface area (TPSA) is 91.8 Å². The fraction of sp³-hybridized carbons (Fsp3) is 0.462. The highest BCUT2D eigenvalue weighted by Crippen LogP contribution is 2.38. The number of hydrogen-bond donors (Lipinski definition) is 0. The molecule has 0 fully saturated rings. The van der Waals surface area contributed by atoms with E-state index in [0.717, 1.165) is 28.2 Å². The van der Waals surface area contributed by atoms with Gasteiger partial charge in [0.2, 0.25) is 25.8 Å². The second-order valence-electron chi connectivity index (χ2n) is 5.67. The van der Waals surface area contributed by atoms with Crippen LogP contribution in [0.1, 0.15) is 10.4 Å². The number of Topliss-reactive ketones (excluding diaryl/α,β-unsaturated/α-hetero) is 1. The summed E-state index contributed by atoms with van der Waals surface area (Å²) in [5.74, 6) is -8.62. The van der Waals surface area contributed by atoms with Gasteiger partial charge in [-0.3, -0.25) is 4.79 Å². The summed E-state index contributed by atoms with van der Waals surface area (Å²) in [6, 6.07) is 1.10. The maximum atomic E-state index is 13.4. The lowest BCUT2D eigenvalue weighted by Crippen LogP contribution is -2.44. The van der Waals surface area contributed by atoms with Crippen LogP contribution in [0.5, 0.6) is 0 Å². The van der Waals surface area contributed by atoms with E-state index in [1.165, 1.54) is 0 Å². The Kier molecular flexibility index (Phi) is 6.13. The van der Waals surface area contributed by atoms with Crippen molar-refractivity contribution in [2.75, 3.05) is 28.2 Å². The predicted octanol–water partition coefficient (Wildman–Crippen LogP) is 1.57. The van der Waals surface area contributed by atoms with Crippen molar-refractivity contribution in [1.82, 2.24) is 8.61 Å². The van der Waals surface area contributed by atoms with Gasteiger partial charge < -0.3 is 0 Å². The van der Waals surface area contributed by atoms with Gasteiger partial charge in [-0.15, -0.1) is 0 Å². The quantitative estimate of drug-likeness (QED) is 0.497. The molecule has 0 amide bonds. The number of nitrogens with zero attached hydrogens (tertiary/aromatic N) is 2. The third kappa shape index (κ3) is 4.28. The second kappa shape index (κ2) is 7.07. The van der Waals surface area contributed by atoms with E-state index in [1.54, 1.807) is 0 Å². The summed E-state index contributed by atoms with van der Waals surface area (Å²) in [6.07, 6.45) is -6.25. The molecule has 14 heteroatoms. The summed E-state index contributed by atoms with van der Waals surface area (Å²) < 4.78 is 114. The first-order chi connectivity index (χ1) is 11.9. The molecule has 1 aromatic rings. The summed E-state index contributed by atoms with van der Waals surface area (Å²) in [6.45, 7) is 0.